The summed E-state index contributed by atoms with van der Waals surface area (Å²) in [7, 11) is 0. The van der Waals surface area contributed by atoms with Crippen molar-refractivity contribution < 1.29 is 0 Å². The summed E-state index contributed by atoms with van der Waals surface area (Å²) in [4.78, 5) is 10.4. The monoisotopic (exact) mass is 637 g/mol. The third-order valence-electron chi connectivity index (χ3n) is 10.3. The molecule has 0 atom stereocenters. The van der Waals surface area contributed by atoms with Gasteiger partial charge in [0.05, 0.1) is 22.1 Å². The lowest BCUT2D eigenvalue weighted by Crippen LogP contribution is -2.28. The predicted molar refractivity (Wildman–Crippen MR) is 205 cm³/mol. The van der Waals surface area contributed by atoms with E-state index in [1.54, 1.807) is 0 Å². The van der Waals surface area contributed by atoms with Crippen LogP contribution in [0.25, 0.3) is 61.4 Å². The van der Waals surface area contributed by atoms with E-state index >= 15 is 0 Å². The van der Waals surface area contributed by atoms with E-state index in [9.17, 15) is 0 Å². The summed E-state index contributed by atoms with van der Waals surface area (Å²) >= 11 is 0. The first-order chi connectivity index (χ1) is 24.8. The Balaban J connectivity index is 1.31. The topological polar surface area (TPSA) is 30.7 Å². The molecule has 0 saturated heterocycles. The number of hydrogen-bond acceptors (Lipinski definition) is 2. The van der Waals surface area contributed by atoms with Crippen molar-refractivity contribution in [2.24, 2.45) is 0 Å². The van der Waals surface area contributed by atoms with Crippen molar-refractivity contribution in [1.29, 1.82) is 0 Å². The minimum atomic E-state index is -0.500. The molecule has 9 aromatic rings. The first-order valence-electron chi connectivity index (χ1n) is 17.1. The van der Waals surface area contributed by atoms with Gasteiger partial charge in [-0.15, -0.1) is 0 Å². The third kappa shape index (κ3) is 4.17. The minimum absolute atomic E-state index is 0.500. The van der Waals surface area contributed by atoms with E-state index < -0.39 is 5.41 Å². The van der Waals surface area contributed by atoms with Gasteiger partial charge in [-0.05, 0) is 45.5 Å². The van der Waals surface area contributed by atoms with Crippen LogP contribution >= 0.6 is 0 Å². The van der Waals surface area contributed by atoms with Gasteiger partial charge in [-0.3, -0.25) is 4.57 Å². The maximum Gasteiger partial charge on any atom is 0.162 e. The fourth-order valence-electron chi connectivity index (χ4n) is 8.18. The van der Waals surface area contributed by atoms with Crippen LogP contribution in [0.2, 0.25) is 0 Å². The smallest absolute Gasteiger partial charge is 0.162 e. The highest BCUT2D eigenvalue weighted by Crippen LogP contribution is 2.56. The van der Waals surface area contributed by atoms with Crippen LogP contribution in [0.1, 0.15) is 22.3 Å². The van der Waals surface area contributed by atoms with Crippen LogP contribution in [0.3, 0.4) is 0 Å². The summed E-state index contributed by atoms with van der Waals surface area (Å²) in [6, 6.07) is 67.3. The molecule has 2 aromatic heterocycles. The molecule has 0 saturated carbocycles. The molecule has 3 heteroatoms. The van der Waals surface area contributed by atoms with Gasteiger partial charge in [0, 0.05) is 28.0 Å². The molecule has 0 unspecified atom stereocenters. The Morgan fingerprint density at radius 3 is 1.66 bits per heavy atom. The van der Waals surface area contributed by atoms with Crippen molar-refractivity contribution in [3.05, 3.63) is 210 Å². The Morgan fingerprint density at radius 2 is 0.960 bits per heavy atom. The number of aromatic nitrogens is 3. The maximum atomic E-state index is 5.30. The van der Waals surface area contributed by atoms with E-state index in [-0.39, 0.29) is 0 Å². The summed E-state index contributed by atoms with van der Waals surface area (Å²) in [5.74, 6) is 1.53. The fraction of sp³-hybridized carbons (Fsp3) is 0.0213. The normalized spacial score (nSPS) is 13.0. The van der Waals surface area contributed by atoms with Crippen LogP contribution in [0.4, 0.5) is 0 Å². The van der Waals surface area contributed by atoms with E-state index in [0.29, 0.717) is 5.82 Å². The summed E-state index contributed by atoms with van der Waals surface area (Å²) in [5, 5.41) is 2.38. The van der Waals surface area contributed by atoms with Gasteiger partial charge >= 0.3 is 0 Å². The van der Waals surface area contributed by atoms with Crippen LogP contribution in [0.15, 0.2) is 188 Å². The largest absolute Gasteiger partial charge is 0.294 e. The van der Waals surface area contributed by atoms with Crippen molar-refractivity contribution in [3.8, 4) is 39.6 Å². The fourth-order valence-corrected chi connectivity index (χ4v) is 8.18. The molecule has 3 nitrogen and oxygen atoms in total. The van der Waals surface area contributed by atoms with Crippen molar-refractivity contribution in [3.63, 3.8) is 0 Å². The standard InChI is InChI=1S/C47H31N3/c1-4-16-32(17-5-1)42-31-45(49-46(48-42)33-18-6-2-7-19-33)50-43-27-15-12-24-38(43)39-29-28-35(30-44(39)50)47(34-20-8-3-9-21-34)40-25-13-10-22-36(40)37-23-11-14-26-41(37)47/h1-31H. The molecule has 1 aliphatic carbocycles. The highest BCUT2D eigenvalue weighted by molar-refractivity contribution is 6.09. The molecule has 0 N–H and O–H groups in total. The van der Waals surface area contributed by atoms with Gasteiger partial charge < -0.3 is 0 Å². The summed E-state index contributed by atoms with van der Waals surface area (Å²) in [6.45, 7) is 0. The highest BCUT2D eigenvalue weighted by atomic mass is 15.1. The third-order valence-corrected chi connectivity index (χ3v) is 10.3. The van der Waals surface area contributed by atoms with E-state index in [2.05, 4.69) is 168 Å². The van der Waals surface area contributed by atoms with E-state index in [1.807, 2.05) is 24.3 Å². The molecular weight excluding hydrogens is 607 g/mol. The van der Waals surface area contributed by atoms with Gasteiger partial charge in [-0.1, -0.05) is 170 Å². The first-order valence-corrected chi connectivity index (χ1v) is 17.1. The zero-order chi connectivity index (χ0) is 33.1. The Labute approximate surface area is 290 Å². The van der Waals surface area contributed by atoms with Crippen LogP contribution < -0.4 is 0 Å². The average molecular weight is 638 g/mol. The molecule has 234 valence electrons. The number of hydrogen-bond donors (Lipinski definition) is 0. The molecule has 0 amide bonds. The van der Waals surface area contributed by atoms with Crippen molar-refractivity contribution in [2.75, 3.05) is 0 Å². The predicted octanol–water partition coefficient (Wildman–Crippen LogP) is 11.3. The number of nitrogens with zero attached hydrogens (tertiary/aromatic N) is 3. The zero-order valence-corrected chi connectivity index (χ0v) is 27.2. The molecule has 50 heavy (non-hydrogen) atoms. The van der Waals surface area contributed by atoms with Crippen LogP contribution in [0.5, 0.6) is 0 Å². The quantitative estimate of drug-likeness (QED) is 0.188. The van der Waals surface area contributed by atoms with Crippen LogP contribution in [0, 0.1) is 0 Å². The van der Waals surface area contributed by atoms with E-state index in [0.717, 1.165) is 33.7 Å². The van der Waals surface area contributed by atoms with Crippen molar-refractivity contribution in [1.82, 2.24) is 14.5 Å². The molecule has 0 spiro atoms. The first kappa shape index (κ1) is 28.4. The Kier molecular flexibility index (Phi) is 6.40. The second-order valence-electron chi connectivity index (χ2n) is 13.0. The van der Waals surface area contributed by atoms with Crippen molar-refractivity contribution in [2.45, 2.75) is 5.41 Å². The second kappa shape index (κ2) is 11.3. The van der Waals surface area contributed by atoms with Gasteiger partial charge in [-0.2, -0.15) is 0 Å². The molecular formula is C47H31N3. The van der Waals surface area contributed by atoms with Crippen LogP contribution in [-0.2, 0) is 5.41 Å². The number of para-hydroxylation sites is 1. The second-order valence-corrected chi connectivity index (χ2v) is 13.0. The number of rotatable bonds is 5. The average Bonchev–Trinajstić information content (AvgIpc) is 3.69. The number of fused-ring (bicyclic) bond motifs is 6. The van der Waals surface area contributed by atoms with Gasteiger partial charge in [0.15, 0.2) is 5.82 Å². The van der Waals surface area contributed by atoms with E-state index in [4.69, 9.17) is 9.97 Å². The molecule has 0 aliphatic heterocycles. The van der Waals surface area contributed by atoms with Gasteiger partial charge in [-0.25, -0.2) is 9.97 Å². The summed E-state index contributed by atoms with van der Waals surface area (Å²) in [5.41, 5.74) is 12.3. The molecule has 0 fully saturated rings. The highest BCUT2D eigenvalue weighted by Gasteiger charge is 2.46. The Bertz CT molecular complexity index is 2590. The minimum Gasteiger partial charge on any atom is -0.294 e. The SMILES string of the molecule is c1ccc(-c2cc(-n3c4ccccc4c4ccc(C5(c6ccccc6)c6ccccc6-c6ccccc65)cc43)nc(-c3ccccc3)n2)cc1. The molecule has 1 aliphatic rings. The Hall–Kier alpha value is -6.58. The van der Waals surface area contributed by atoms with Gasteiger partial charge in [0.1, 0.15) is 5.82 Å². The lowest BCUT2D eigenvalue weighted by atomic mass is 9.67. The lowest BCUT2D eigenvalue weighted by molar-refractivity contribution is 0.769. The molecule has 0 radical (unpaired) electrons. The Morgan fingerprint density at radius 1 is 0.400 bits per heavy atom. The van der Waals surface area contributed by atoms with Gasteiger partial charge in [0.2, 0.25) is 0 Å². The lowest BCUT2D eigenvalue weighted by Gasteiger charge is -2.34. The van der Waals surface area contributed by atoms with Crippen molar-refractivity contribution >= 4 is 21.8 Å². The summed E-state index contributed by atoms with van der Waals surface area (Å²) < 4.78 is 2.33. The summed E-state index contributed by atoms with van der Waals surface area (Å²) in [6.07, 6.45) is 0. The molecule has 10 rings (SSSR count). The number of benzene rings is 7. The molecule has 0 bridgehead atoms. The maximum absolute atomic E-state index is 5.30. The van der Waals surface area contributed by atoms with Gasteiger partial charge in [0.25, 0.3) is 0 Å². The van der Waals surface area contributed by atoms with E-state index in [1.165, 1.54) is 44.2 Å². The molecule has 7 aromatic carbocycles. The molecule has 2 heterocycles. The van der Waals surface area contributed by atoms with Crippen LogP contribution in [-0.4, -0.2) is 14.5 Å². The zero-order valence-electron chi connectivity index (χ0n) is 27.2.